The first kappa shape index (κ1) is 19.1. The van der Waals surface area contributed by atoms with E-state index in [0.29, 0.717) is 18.8 Å². The highest BCUT2D eigenvalue weighted by molar-refractivity contribution is 6.00. The summed E-state index contributed by atoms with van der Waals surface area (Å²) in [6.45, 7) is 3.02. The fourth-order valence-corrected chi connectivity index (χ4v) is 4.15. The van der Waals surface area contributed by atoms with Crippen LogP contribution in [0.2, 0.25) is 0 Å². The van der Waals surface area contributed by atoms with Crippen molar-refractivity contribution in [3.8, 4) is 17.0 Å². The maximum Gasteiger partial charge on any atom is 0.273 e. The summed E-state index contributed by atoms with van der Waals surface area (Å²) in [6.07, 6.45) is 3.49. The largest absolute Gasteiger partial charge is 0.494 e. The van der Waals surface area contributed by atoms with E-state index in [2.05, 4.69) is 15.2 Å². The minimum Gasteiger partial charge on any atom is -0.494 e. The van der Waals surface area contributed by atoms with E-state index >= 15 is 0 Å². The summed E-state index contributed by atoms with van der Waals surface area (Å²) in [7, 11) is 0. The molecule has 6 heteroatoms. The van der Waals surface area contributed by atoms with Gasteiger partial charge in [0.2, 0.25) is 0 Å². The zero-order valence-corrected chi connectivity index (χ0v) is 17.2. The number of nitrogens with zero attached hydrogens (tertiary/aromatic N) is 3. The van der Waals surface area contributed by atoms with Crippen LogP contribution in [0.5, 0.6) is 5.75 Å². The van der Waals surface area contributed by atoms with E-state index in [0.717, 1.165) is 33.7 Å². The Hall–Kier alpha value is -3.93. The number of nitrogens with one attached hydrogen (secondary N) is 1. The third kappa shape index (κ3) is 3.46. The summed E-state index contributed by atoms with van der Waals surface area (Å²) >= 11 is 0. The summed E-state index contributed by atoms with van der Waals surface area (Å²) in [4.78, 5) is 19.4. The molecule has 3 heterocycles. The summed E-state index contributed by atoms with van der Waals surface area (Å²) < 4.78 is 5.74. The van der Waals surface area contributed by atoms with Gasteiger partial charge in [-0.05, 0) is 42.3 Å². The minimum atomic E-state index is -0.273. The van der Waals surface area contributed by atoms with Gasteiger partial charge >= 0.3 is 0 Å². The van der Waals surface area contributed by atoms with E-state index in [1.807, 2.05) is 78.6 Å². The first-order chi connectivity index (χ1) is 15.3. The van der Waals surface area contributed by atoms with Crippen LogP contribution < -0.4 is 4.74 Å². The van der Waals surface area contributed by atoms with Gasteiger partial charge in [0, 0.05) is 30.1 Å². The van der Waals surface area contributed by atoms with Crippen molar-refractivity contribution in [2.75, 3.05) is 6.61 Å². The number of amides is 1. The Labute approximate surface area is 180 Å². The molecular weight excluding hydrogens is 388 g/mol. The van der Waals surface area contributed by atoms with E-state index in [9.17, 15) is 4.79 Å². The third-order valence-corrected chi connectivity index (χ3v) is 5.50. The van der Waals surface area contributed by atoms with Gasteiger partial charge in [0.25, 0.3) is 5.91 Å². The molecular formula is C25H22N4O2. The number of hydrogen-bond donors (Lipinski definition) is 1. The molecule has 1 aliphatic rings. The lowest BCUT2D eigenvalue weighted by atomic mass is 9.95. The third-order valence-electron chi connectivity index (χ3n) is 5.50. The maximum atomic E-state index is 13.4. The van der Waals surface area contributed by atoms with Crippen molar-refractivity contribution in [1.82, 2.24) is 20.1 Å². The van der Waals surface area contributed by atoms with Crippen molar-refractivity contribution in [2.24, 2.45) is 0 Å². The number of rotatable bonds is 6. The van der Waals surface area contributed by atoms with Crippen molar-refractivity contribution in [1.29, 1.82) is 0 Å². The van der Waals surface area contributed by atoms with Crippen LogP contribution in [0.1, 0.15) is 40.1 Å². The lowest BCUT2D eigenvalue weighted by Crippen LogP contribution is -2.29. The molecule has 0 bridgehead atoms. The highest BCUT2D eigenvalue weighted by Crippen LogP contribution is 2.44. The van der Waals surface area contributed by atoms with E-state index < -0.39 is 0 Å². The van der Waals surface area contributed by atoms with Gasteiger partial charge in [0.1, 0.15) is 11.4 Å². The molecule has 2 aromatic heterocycles. The molecule has 31 heavy (non-hydrogen) atoms. The average Bonchev–Trinajstić information content (AvgIpc) is 3.35. The molecule has 1 aliphatic heterocycles. The van der Waals surface area contributed by atoms with Crippen LogP contribution in [0.25, 0.3) is 11.3 Å². The Morgan fingerprint density at radius 2 is 1.84 bits per heavy atom. The van der Waals surface area contributed by atoms with Crippen molar-refractivity contribution in [3.63, 3.8) is 0 Å². The molecule has 0 saturated heterocycles. The van der Waals surface area contributed by atoms with Gasteiger partial charge in [0.15, 0.2) is 0 Å². The molecule has 6 nitrogen and oxygen atoms in total. The van der Waals surface area contributed by atoms with Gasteiger partial charge in [-0.2, -0.15) is 5.10 Å². The van der Waals surface area contributed by atoms with Crippen LogP contribution in [-0.2, 0) is 6.54 Å². The quantitative estimate of drug-likeness (QED) is 0.504. The number of carbonyl (C=O) groups is 1. The molecule has 0 fully saturated rings. The number of aromatic amines is 1. The molecule has 0 aliphatic carbocycles. The van der Waals surface area contributed by atoms with Gasteiger partial charge in [-0.1, -0.05) is 42.5 Å². The Balaban J connectivity index is 1.64. The SMILES string of the molecule is CCOc1cccc(C2c3c(-c4ccccc4)n[nH]c3C(=O)N2Cc2ccncc2)c1. The van der Waals surface area contributed by atoms with Crippen LogP contribution in [0.4, 0.5) is 0 Å². The second kappa shape index (κ2) is 8.07. The van der Waals surface area contributed by atoms with Crippen LogP contribution in [-0.4, -0.2) is 32.6 Å². The average molecular weight is 410 g/mol. The monoisotopic (exact) mass is 410 g/mol. The van der Waals surface area contributed by atoms with Crippen molar-refractivity contribution in [2.45, 2.75) is 19.5 Å². The summed E-state index contributed by atoms with van der Waals surface area (Å²) in [5.74, 6) is 0.725. The minimum absolute atomic E-state index is 0.0618. The first-order valence-corrected chi connectivity index (χ1v) is 10.3. The topological polar surface area (TPSA) is 71.1 Å². The molecule has 4 aromatic rings. The van der Waals surface area contributed by atoms with Crippen LogP contribution in [0.3, 0.4) is 0 Å². The standard InChI is InChI=1S/C25H22N4O2/c1-2-31-20-10-6-9-19(15-20)24-21-22(18-7-4-3-5-8-18)27-28-23(21)25(30)29(24)16-17-11-13-26-14-12-17/h3-15,24H,2,16H2,1H3,(H,27,28). The van der Waals surface area contributed by atoms with Crippen molar-refractivity contribution in [3.05, 3.63) is 102 Å². The van der Waals surface area contributed by atoms with Gasteiger partial charge in [0.05, 0.1) is 18.3 Å². The normalized spacial score (nSPS) is 15.2. The molecule has 5 rings (SSSR count). The van der Waals surface area contributed by atoms with Crippen LogP contribution in [0.15, 0.2) is 79.1 Å². The Kier molecular flexibility index (Phi) is 4.96. The lowest BCUT2D eigenvalue weighted by molar-refractivity contribution is 0.0729. The fraction of sp³-hybridized carbons (Fsp3) is 0.160. The number of pyridine rings is 1. The van der Waals surface area contributed by atoms with Crippen LogP contribution in [0, 0.1) is 0 Å². The number of carbonyl (C=O) groups excluding carboxylic acids is 1. The summed E-state index contributed by atoms with van der Waals surface area (Å²) in [5.41, 5.74) is 5.23. The zero-order chi connectivity index (χ0) is 21.2. The second-order valence-electron chi connectivity index (χ2n) is 7.42. The molecule has 2 aromatic carbocycles. The number of fused-ring (bicyclic) bond motifs is 1. The van der Waals surface area contributed by atoms with E-state index in [4.69, 9.17) is 4.74 Å². The smallest absolute Gasteiger partial charge is 0.273 e. The highest BCUT2D eigenvalue weighted by atomic mass is 16.5. The molecule has 1 amide bonds. The van der Waals surface area contributed by atoms with Gasteiger partial charge in [-0.15, -0.1) is 0 Å². The fourth-order valence-electron chi connectivity index (χ4n) is 4.15. The van der Waals surface area contributed by atoms with Crippen molar-refractivity contribution >= 4 is 5.91 Å². The lowest BCUT2D eigenvalue weighted by Gasteiger charge is -2.27. The van der Waals surface area contributed by atoms with Gasteiger partial charge in [-0.3, -0.25) is 14.9 Å². The molecule has 1 N–H and O–H groups in total. The molecule has 0 spiro atoms. The van der Waals surface area contributed by atoms with E-state index in [1.54, 1.807) is 12.4 Å². The first-order valence-electron chi connectivity index (χ1n) is 10.3. The molecule has 0 saturated carbocycles. The Bertz CT molecular complexity index is 1200. The highest BCUT2D eigenvalue weighted by Gasteiger charge is 2.42. The number of benzene rings is 2. The predicted molar refractivity (Wildman–Crippen MR) is 118 cm³/mol. The Morgan fingerprint density at radius 3 is 2.61 bits per heavy atom. The number of H-pyrrole nitrogens is 1. The number of aromatic nitrogens is 3. The van der Waals surface area contributed by atoms with E-state index in [1.165, 1.54) is 0 Å². The summed E-state index contributed by atoms with van der Waals surface area (Å²) in [6, 6.07) is 21.5. The Morgan fingerprint density at radius 1 is 1.03 bits per heavy atom. The molecule has 0 radical (unpaired) electrons. The molecule has 1 unspecified atom stereocenters. The molecule has 154 valence electrons. The molecule has 1 atom stereocenters. The second-order valence-corrected chi connectivity index (χ2v) is 7.42. The summed E-state index contributed by atoms with van der Waals surface area (Å²) in [5, 5.41) is 7.53. The van der Waals surface area contributed by atoms with E-state index in [-0.39, 0.29) is 11.9 Å². The number of hydrogen-bond acceptors (Lipinski definition) is 4. The zero-order valence-electron chi connectivity index (χ0n) is 17.2. The maximum absolute atomic E-state index is 13.4. The van der Waals surface area contributed by atoms with Crippen LogP contribution >= 0.6 is 0 Å². The van der Waals surface area contributed by atoms with Gasteiger partial charge in [-0.25, -0.2) is 0 Å². The predicted octanol–water partition coefficient (Wildman–Crippen LogP) is 4.62. The number of ether oxygens (including phenoxy) is 1. The van der Waals surface area contributed by atoms with Gasteiger partial charge < -0.3 is 9.64 Å². The van der Waals surface area contributed by atoms with Crippen molar-refractivity contribution < 1.29 is 9.53 Å².